The van der Waals surface area contributed by atoms with E-state index in [2.05, 4.69) is 5.32 Å². The summed E-state index contributed by atoms with van der Waals surface area (Å²) in [6, 6.07) is 7.07. The van der Waals surface area contributed by atoms with E-state index >= 15 is 0 Å². The summed E-state index contributed by atoms with van der Waals surface area (Å²) in [5, 5.41) is 3.36. The molecule has 158 valence electrons. The lowest BCUT2D eigenvalue weighted by atomic mass is 10.0. The zero-order chi connectivity index (χ0) is 22.0. The molecule has 8 heteroatoms. The summed E-state index contributed by atoms with van der Waals surface area (Å²) < 4.78 is 25.6. The molecule has 0 fully saturated rings. The van der Waals surface area contributed by atoms with Crippen LogP contribution in [0, 0.1) is 11.7 Å². The monoisotopic (exact) mass is 432 g/mol. The number of carbonyl (C=O) groups is 1. The topological polar surface area (TPSA) is 69.6 Å². The van der Waals surface area contributed by atoms with Gasteiger partial charge in [-0.15, -0.1) is 0 Å². The minimum Gasteiger partial charge on any atom is -0.493 e. The lowest BCUT2D eigenvalue weighted by molar-refractivity contribution is 0.102. The number of ether oxygens (including phenoxy) is 2. The lowest BCUT2D eigenvalue weighted by Gasteiger charge is -2.16. The van der Waals surface area contributed by atoms with E-state index in [1.807, 2.05) is 13.8 Å². The number of aromatic nitrogens is 1. The van der Waals surface area contributed by atoms with Crippen LogP contribution in [-0.2, 0) is 6.54 Å². The molecule has 1 heterocycles. The fourth-order valence-corrected chi connectivity index (χ4v) is 3.38. The van der Waals surface area contributed by atoms with Crippen molar-refractivity contribution in [2.45, 2.75) is 20.4 Å². The van der Waals surface area contributed by atoms with E-state index in [0.717, 1.165) is 0 Å². The van der Waals surface area contributed by atoms with Crippen molar-refractivity contribution in [1.29, 1.82) is 0 Å². The van der Waals surface area contributed by atoms with Gasteiger partial charge in [0.2, 0.25) is 0 Å². The molecule has 30 heavy (non-hydrogen) atoms. The van der Waals surface area contributed by atoms with Crippen LogP contribution in [0.15, 0.2) is 41.3 Å². The van der Waals surface area contributed by atoms with E-state index in [1.165, 1.54) is 43.2 Å². The highest BCUT2D eigenvalue weighted by Crippen LogP contribution is 2.32. The van der Waals surface area contributed by atoms with Gasteiger partial charge < -0.3 is 19.4 Å². The molecule has 2 aromatic carbocycles. The minimum absolute atomic E-state index is 0.103. The smallest absolute Gasteiger partial charge is 0.258 e. The fourth-order valence-electron chi connectivity index (χ4n) is 3.20. The van der Waals surface area contributed by atoms with Crippen molar-refractivity contribution in [2.24, 2.45) is 5.92 Å². The first-order chi connectivity index (χ1) is 14.2. The first-order valence-electron chi connectivity index (χ1n) is 9.30. The Balaban J connectivity index is 2.19. The molecule has 1 aromatic heterocycles. The number of nitrogens with one attached hydrogen (secondary N) is 1. The van der Waals surface area contributed by atoms with Crippen LogP contribution in [0.4, 0.5) is 10.1 Å². The number of carbonyl (C=O) groups excluding carboxylic acids is 1. The van der Waals surface area contributed by atoms with E-state index < -0.39 is 11.7 Å². The van der Waals surface area contributed by atoms with Crippen LogP contribution in [0.25, 0.3) is 10.8 Å². The lowest BCUT2D eigenvalue weighted by Crippen LogP contribution is -2.25. The summed E-state index contributed by atoms with van der Waals surface area (Å²) in [5.74, 6) is -0.0760. The summed E-state index contributed by atoms with van der Waals surface area (Å²) in [6.45, 7) is 4.39. The Morgan fingerprint density at radius 3 is 2.33 bits per heavy atom. The molecule has 0 saturated carbocycles. The van der Waals surface area contributed by atoms with Crippen molar-refractivity contribution in [3.63, 3.8) is 0 Å². The van der Waals surface area contributed by atoms with Gasteiger partial charge in [-0.2, -0.15) is 0 Å². The van der Waals surface area contributed by atoms with Gasteiger partial charge in [0, 0.05) is 23.8 Å². The van der Waals surface area contributed by atoms with Gasteiger partial charge in [-0.3, -0.25) is 9.59 Å². The normalized spacial score (nSPS) is 11.0. The molecule has 1 N–H and O–H groups in total. The first kappa shape index (κ1) is 21.6. The number of hydrogen-bond acceptors (Lipinski definition) is 4. The van der Waals surface area contributed by atoms with Gasteiger partial charge in [0.15, 0.2) is 11.5 Å². The Labute approximate surface area is 178 Å². The molecule has 3 rings (SSSR count). The van der Waals surface area contributed by atoms with Crippen molar-refractivity contribution in [1.82, 2.24) is 4.57 Å². The second-order valence-corrected chi connectivity index (χ2v) is 7.64. The summed E-state index contributed by atoms with van der Waals surface area (Å²) in [6.07, 6.45) is 1.52. The van der Waals surface area contributed by atoms with Crippen LogP contribution in [0.5, 0.6) is 11.5 Å². The van der Waals surface area contributed by atoms with Gasteiger partial charge in [-0.1, -0.05) is 25.4 Å². The van der Waals surface area contributed by atoms with E-state index in [1.54, 1.807) is 12.1 Å². The van der Waals surface area contributed by atoms with Gasteiger partial charge in [0.05, 0.1) is 30.2 Å². The van der Waals surface area contributed by atoms with Crippen LogP contribution < -0.4 is 20.3 Å². The number of benzene rings is 2. The predicted octanol–water partition coefficient (Wildman–Crippen LogP) is 4.72. The first-order valence-corrected chi connectivity index (χ1v) is 9.68. The summed E-state index contributed by atoms with van der Waals surface area (Å²) in [5.41, 5.74) is 0.370. The molecule has 0 aliphatic carbocycles. The van der Waals surface area contributed by atoms with Gasteiger partial charge in [-0.25, -0.2) is 4.39 Å². The molecule has 6 nitrogen and oxygen atoms in total. The number of anilines is 1. The van der Waals surface area contributed by atoms with E-state index in [4.69, 9.17) is 21.1 Å². The Morgan fingerprint density at radius 1 is 1.13 bits per heavy atom. The van der Waals surface area contributed by atoms with Crippen LogP contribution in [0.3, 0.4) is 0 Å². The predicted molar refractivity (Wildman–Crippen MR) is 116 cm³/mol. The van der Waals surface area contributed by atoms with E-state index in [0.29, 0.717) is 34.5 Å². The molecular weight excluding hydrogens is 411 g/mol. The molecule has 0 aliphatic heterocycles. The third-order valence-corrected chi connectivity index (χ3v) is 4.86. The van der Waals surface area contributed by atoms with Crippen LogP contribution in [-0.4, -0.2) is 24.7 Å². The second kappa shape index (κ2) is 8.75. The average molecular weight is 433 g/mol. The van der Waals surface area contributed by atoms with Crippen molar-refractivity contribution < 1.29 is 18.7 Å². The number of nitrogens with zero attached hydrogens (tertiary/aromatic N) is 1. The third-order valence-electron chi connectivity index (χ3n) is 4.57. The molecule has 0 saturated heterocycles. The number of pyridine rings is 1. The van der Waals surface area contributed by atoms with Gasteiger partial charge in [0.1, 0.15) is 5.82 Å². The van der Waals surface area contributed by atoms with E-state index in [-0.39, 0.29) is 22.1 Å². The van der Waals surface area contributed by atoms with E-state index in [9.17, 15) is 14.0 Å². The molecular formula is C22H22ClFN2O4. The molecule has 0 unspecified atom stereocenters. The van der Waals surface area contributed by atoms with Gasteiger partial charge in [0.25, 0.3) is 11.5 Å². The molecule has 0 spiro atoms. The van der Waals surface area contributed by atoms with Crippen LogP contribution in [0.2, 0.25) is 5.02 Å². The maximum absolute atomic E-state index is 13.4. The van der Waals surface area contributed by atoms with Gasteiger partial charge >= 0.3 is 0 Å². The number of rotatable bonds is 6. The van der Waals surface area contributed by atoms with Crippen molar-refractivity contribution in [3.05, 3.63) is 63.3 Å². The Hall–Kier alpha value is -3.06. The standard InChI is InChI=1S/C22H22ClFN2O4/c1-12(2)10-26-11-16(21(27)25-13-5-6-18(24)17(23)7-13)14-8-19(29-3)20(30-4)9-15(14)22(26)28/h5-9,11-12H,10H2,1-4H3,(H,25,27). The summed E-state index contributed by atoms with van der Waals surface area (Å²) >= 11 is 5.81. The largest absolute Gasteiger partial charge is 0.493 e. The Kier molecular flexibility index (Phi) is 6.31. The molecule has 0 bridgehead atoms. The summed E-state index contributed by atoms with van der Waals surface area (Å²) in [7, 11) is 2.95. The molecule has 3 aromatic rings. The average Bonchev–Trinajstić information content (AvgIpc) is 2.71. The highest BCUT2D eigenvalue weighted by atomic mass is 35.5. The zero-order valence-electron chi connectivity index (χ0n) is 17.1. The van der Waals surface area contributed by atoms with Crippen LogP contribution >= 0.6 is 11.6 Å². The minimum atomic E-state index is -0.581. The highest BCUT2D eigenvalue weighted by Gasteiger charge is 2.19. The quantitative estimate of drug-likeness (QED) is 0.612. The maximum atomic E-state index is 13.4. The summed E-state index contributed by atoms with van der Waals surface area (Å²) in [4.78, 5) is 26.1. The molecule has 0 atom stereocenters. The molecule has 1 amide bonds. The van der Waals surface area contributed by atoms with Crippen molar-refractivity contribution in [2.75, 3.05) is 19.5 Å². The highest BCUT2D eigenvalue weighted by molar-refractivity contribution is 6.31. The van der Waals surface area contributed by atoms with Gasteiger partial charge in [-0.05, 0) is 36.2 Å². The zero-order valence-corrected chi connectivity index (χ0v) is 17.8. The van der Waals surface area contributed by atoms with Crippen molar-refractivity contribution in [3.8, 4) is 11.5 Å². The van der Waals surface area contributed by atoms with Crippen LogP contribution in [0.1, 0.15) is 24.2 Å². The molecule has 0 radical (unpaired) electrons. The number of hydrogen-bond donors (Lipinski definition) is 1. The molecule has 0 aliphatic rings. The second-order valence-electron chi connectivity index (χ2n) is 7.23. The Bertz CT molecular complexity index is 1170. The Morgan fingerprint density at radius 2 is 1.77 bits per heavy atom. The maximum Gasteiger partial charge on any atom is 0.258 e. The van der Waals surface area contributed by atoms with Crippen molar-refractivity contribution >= 4 is 34.0 Å². The number of methoxy groups -OCH3 is 2. The third kappa shape index (κ3) is 4.26. The number of amides is 1. The fraction of sp³-hybridized carbons (Fsp3) is 0.273. The number of halogens is 2. The SMILES string of the molecule is COc1cc2c(C(=O)Nc3ccc(F)c(Cl)c3)cn(CC(C)C)c(=O)c2cc1OC. The number of fused-ring (bicyclic) bond motifs is 1.